The third-order valence-electron chi connectivity index (χ3n) is 2.31. The third-order valence-corrected chi connectivity index (χ3v) is 2.49. The van der Waals surface area contributed by atoms with Crippen molar-refractivity contribution in [1.82, 2.24) is 9.97 Å². The van der Waals surface area contributed by atoms with Crippen LogP contribution in [0.3, 0.4) is 0 Å². The van der Waals surface area contributed by atoms with Gasteiger partial charge in [0.1, 0.15) is 11.5 Å². The minimum Gasteiger partial charge on any atom is -0.496 e. The van der Waals surface area contributed by atoms with Crippen molar-refractivity contribution in [2.45, 2.75) is 0 Å². The van der Waals surface area contributed by atoms with E-state index in [1.54, 1.807) is 26.5 Å². The molecule has 2 rings (SSSR count). The molecule has 0 radical (unpaired) electrons. The molecule has 88 valence electrons. The van der Waals surface area contributed by atoms with Crippen LogP contribution in [0.25, 0.3) is 11.3 Å². The number of methoxy groups -OCH3 is 2. The summed E-state index contributed by atoms with van der Waals surface area (Å²) in [6.07, 6.45) is 1.59. The topological polar surface area (TPSA) is 44.2 Å². The molecule has 2 aromatic rings. The lowest BCUT2D eigenvalue weighted by atomic mass is 10.1. The van der Waals surface area contributed by atoms with Crippen molar-refractivity contribution in [1.29, 1.82) is 0 Å². The summed E-state index contributed by atoms with van der Waals surface area (Å²) in [6, 6.07) is 7.29. The monoisotopic (exact) mass is 250 g/mol. The average molecular weight is 251 g/mol. The van der Waals surface area contributed by atoms with Gasteiger partial charge < -0.3 is 9.47 Å². The molecule has 5 heteroatoms. The molecule has 0 aliphatic carbocycles. The quantitative estimate of drug-likeness (QED) is 0.786. The van der Waals surface area contributed by atoms with Gasteiger partial charge in [-0.2, -0.15) is 0 Å². The zero-order valence-corrected chi connectivity index (χ0v) is 10.2. The van der Waals surface area contributed by atoms with Crippen LogP contribution in [-0.4, -0.2) is 24.2 Å². The van der Waals surface area contributed by atoms with E-state index < -0.39 is 0 Å². The van der Waals surface area contributed by atoms with Crippen LogP contribution in [0.2, 0.25) is 5.28 Å². The Bertz CT molecular complexity index is 509. The van der Waals surface area contributed by atoms with Crippen molar-refractivity contribution in [3.05, 3.63) is 35.7 Å². The zero-order valence-electron chi connectivity index (χ0n) is 9.48. The molecule has 0 N–H and O–H groups in total. The summed E-state index contributed by atoms with van der Waals surface area (Å²) >= 11 is 5.78. The number of benzene rings is 1. The highest BCUT2D eigenvalue weighted by Crippen LogP contribution is 2.37. The lowest BCUT2D eigenvalue weighted by Gasteiger charge is -2.12. The molecule has 4 nitrogen and oxygen atoms in total. The molecule has 0 aliphatic heterocycles. The Hall–Kier alpha value is -1.81. The molecule has 0 atom stereocenters. The number of aromatic nitrogens is 2. The first-order valence-corrected chi connectivity index (χ1v) is 5.34. The Morgan fingerprint density at radius 2 is 1.71 bits per heavy atom. The van der Waals surface area contributed by atoms with Gasteiger partial charge in [-0.15, -0.1) is 0 Å². The summed E-state index contributed by atoms with van der Waals surface area (Å²) in [5.74, 6) is 1.36. The lowest BCUT2D eigenvalue weighted by molar-refractivity contribution is 0.397. The fraction of sp³-hybridized carbons (Fsp3) is 0.167. The lowest BCUT2D eigenvalue weighted by Crippen LogP contribution is -1.95. The minimum absolute atomic E-state index is 0.190. The van der Waals surface area contributed by atoms with Crippen LogP contribution in [0.5, 0.6) is 11.5 Å². The summed E-state index contributed by atoms with van der Waals surface area (Å²) in [7, 11) is 3.20. The number of hydrogen-bond donors (Lipinski definition) is 0. The van der Waals surface area contributed by atoms with Gasteiger partial charge in [0.05, 0.1) is 25.5 Å². The van der Waals surface area contributed by atoms with E-state index in [0.29, 0.717) is 17.2 Å². The van der Waals surface area contributed by atoms with Gasteiger partial charge in [0, 0.05) is 6.20 Å². The Kier molecular flexibility index (Phi) is 3.44. The van der Waals surface area contributed by atoms with Crippen LogP contribution in [0, 0.1) is 0 Å². The number of hydrogen-bond acceptors (Lipinski definition) is 4. The first kappa shape index (κ1) is 11.7. The molecule has 0 aliphatic rings. The Balaban J connectivity index is 2.64. The van der Waals surface area contributed by atoms with Gasteiger partial charge in [-0.3, -0.25) is 0 Å². The summed E-state index contributed by atoms with van der Waals surface area (Å²) in [6.45, 7) is 0. The molecule has 0 saturated carbocycles. The maximum atomic E-state index is 5.78. The number of rotatable bonds is 3. The summed E-state index contributed by atoms with van der Waals surface area (Å²) in [4.78, 5) is 8.00. The molecule has 17 heavy (non-hydrogen) atoms. The molecule has 1 aromatic heterocycles. The average Bonchev–Trinajstić information content (AvgIpc) is 2.37. The highest BCUT2D eigenvalue weighted by molar-refractivity contribution is 6.28. The van der Waals surface area contributed by atoms with Gasteiger partial charge in [-0.05, 0) is 29.8 Å². The van der Waals surface area contributed by atoms with E-state index in [-0.39, 0.29) is 5.28 Å². The standard InChI is InChI=1S/C12H11ClN2O2/c1-16-9-4-3-5-10(17-2)11(9)8-6-7-14-12(13)15-8/h3-7H,1-2H3. The normalized spacial score (nSPS) is 10.1. The molecule has 1 heterocycles. The van der Waals surface area contributed by atoms with Gasteiger partial charge in [0.15, 0.2) is 0 Å². The van der Waals surface area contributed by atoms with Gasteiger partial charge in [-0.1, -0.05) is 6.07 Å². The maximum Gasteiger partial charge on any atom is 0.222 e. The van der Waals surface area contributed by atoms with Crippen LogP contribution in [0.15, 0.2) is 30.5 Å². The third kappa shape index (κ3) is 2.31. The maximum absolute atomic E-state index is 5.78. The minimum atomic E-state index is 0.190. The van der Waals surface area contributed by atoms with E-state index in [2.05, 4.69) is 9.97 Å². The predicted molar refractivity (Wildman–Crippen MR) is 65.6 cm³/mol. The van der Waals surface area contributed by atoms with Gasteiger partial charge >= 0.3 is 0 Å². The van der Waals surface area contributed by atoms with Crippen molar-refractivity contribution in [3.8, 4) is 22.8 Å². The molecule has 0 amide bonds. The van der Waals surface area contributed by atoms with Crippen molar-refractivity contribution < 1.29 is 9.47 Å². The fourth-order valence-corrected chi connectivity index (χ4v) is 1.73. The van der Waals surface area contributed by atoms with E-state index in [1.807, 2.05) is 18.2 Å². The second kappa shape index (κ2) is 5.01. The molecule has 0 saturated heterocycles. The summed E-state index contributed by atoms with van der Waals surface area (Å²) in [5.41, 5.74) is 1.43. The van der Waals surface area contributed by atoms with E-state index in [1.165, 1.54) is 0 Å². The molecule has 1 aromatic carbocycles. The smallest absolute Gasteiger partial charge is 0.222 e. The second-order valence-corrected chi connectivity index (χ2v) is 3.59. The van der Waals surface area contributed by atoms with E-state index in [4.69, 9.17) is 21.1 Å². The van der Waals surface area contributed by atoms with Crippen molar-refractivity contribution in [3.63, 3.8) is 0 Å². The Morgan fingerprint density at radius 3 is 2.24 bits per heavy atom. The molecule has 0 fully saturated rings. The van der Waals surface area contributed by atoms with Crippen molar-refractivity contribution >= 4 is 11.6 Å². The molecular formula is C12H11ClN2O2. The van der Waals surface area contributed by atoms with E-state index in [9.17, 15) is 0 Å². The van der Waals surface area contributed by atoms with Crippen LogP contribution >= 0.6 is 11.6 Å². The highest BCUT2D eigenvalue weighted by atomic mass is 35.5. The Morgan fingerprint density at radius 1 is 1.06 bits per heavy atom. The summed E-state index contributed by atoms with van der Waals surface area (Å²) < 4.78 is 10.6. The van der Waals surface area contributed by atoms with E-state index in [0.717, 1.165) is 5.56 Å². The molecular weight excluding hydrogens is 240 g/mol. The van der Waals surface area contributed by atoms with Crippen molar-refractivity contribution in [2.24, 2.45) is 0 Å². The zero-order chi connectivity index (χ0) is 12.3. The van der Waals surface area contributed by atoms with Crippen molar-refractivity contribution in [2.75, 3.05) is 14.2 Å². The SMILES string of the molecule is COc1cccc(OC)c1-c1ccnc(Cl)n1. The predicted octanol–water partition coefficient (Wildman–Crippen LogP) is 2.81. The largest absolute Gasteiger partial charge is 0.496 e. The highest BCUT2D eigenvalue weighted by Gasteiger charge is 2.13. The molecule has 0 spiro atoms. The first-order valence-electron chi connectivity index (χ1n) is 4.96. The van der Waals surface area contributed by atoms with Crippen LogP contribution in [0.1, 0.15) is 0 Å². The first-order chi connectivity index (χ1) is 8.26. The van der Waals surface area contributed by atoms with E-state index >= 15 is 0 Å². The summed E-state index contributed by atoms with van der Waals surface area (Å²) in [5, 5.41) is 0.190. The Labute approximate surface area is 104 Å². The van der Waals surface area contributed by atoms with Gasteiger partial charge in [0.25, 0.3) is 0 Å². The van der Waals surface area contributed by atoms with Crippen LogP contribution in [0.4, 0.5) is 0 Å². The number of nitrogens with zero attached hydrogens (tertiary/aromatic N) is 2. The van der Waals surface area contributed by atoms with Crippen LogP contribution < -0.4 is 9.47 Å². The number of halogens is 1. The van der Waals surface area contributed by atoms with Gasteiger partial charge in [0.2, 0.25) is 5.28 Å². The molecule has 0 bridgehead atoms. The molecule has 0 unspecified atom stereocenters. The van der Waals surface area contributed by atoms with Gasteiger partial charge in [-0.25, -0.2) is 9.97 Å². The van der Waals surface area contributed by atoms with Crippen LogP contribution in [-0.2, 0) is 0 Å². The number of ether oxygens (including phenoxy) is 2. The second-order valence-electron chi connectivity index (χ2n) is 3.25. The fourth-order valence-electron chi connectivity index (χ4n) is 1.58.